The van der Waals surface area contributed by atoms with Gasteiger partial charge in [-0.2, -0.15) is 0 Å². The molecule has 0 saturated carbocycles. The summed E-state index contributed by atoms with van der Waals surface area (Å²) >= 11 is 11.7. The Morgan fingerprint density at radius 3 is 2.64 bits per heavy atom. The molecular formula is C16H16Cl2N2O2. The molecular weight excluding hydrogens is 323 g/mol. The molecule has 1 aromatic heterocycles. The number of halogens is 2. The van der Waals surface area contributed by atoms with Gasteiger partial charge in [0, 0.05) is 29.0 Å². The van der Waals surface area contributed by atoms with E-state index in [9.17, 15) is 9.90 Å². The van der Waals surface area contributed by atoms with Crippen molar-refractivity contribution in [3.63, 3.8) is 0 Å². The Hall–Kier alpha value is -1.62. The SMILES string of the molecule is Cc1cnccc1CCNC(=O)C(O)c1cc(Cl)cc(Cl)c1. The highest BCUT2D eigenvalue weighted by molar-refractivity contribution is 6.34. The number of amides is 1. The van der Waals surface area contributed by atoms with Crippen LogP contribution in [0.2, 0.25) is 10.0 Å². The van der Waals surface area contributed by atoms with E-state index in [0.717, 1.165) is 11.1 Å². The van der Waals surface area contributed by atoms with Gasteiger partial charge in [0.2, 0.25) is 0 Å². The van der Waals surface area contributed by atoms with Crippen molar-refractivity contribution in [2.24, 2.45) is 0 Å². The molecule has 1 amide bonds. The number of hydrogen-bond donors (Lipinski definition) is 2. The van der Waals surface area contributed by atoms with E-state index in [4.69, 9.17) is 23.2 Å². The van der Waals surface area contributed by atoms with Gasteiger partial charge in [0.1, 0.15) is 0 Å². The molecule has 6 heteroatoms. The van der Waals surface area contributed by atoms with E-state index in [1.807, 2.05) is 13.0 Å². The van der Waals surface area contributed by atoms with Gasteiger partial charge in [0.05, 0.1) is 0 Å². The van der Waals surface area contributed by atoms with Crippen LogP contribution in [0.1, 0.15) is 22.8 Å². The average molecular weight is 339 g/mol. The molecule has 22 heavy (non-hydrogen) atoms. The summed E-state index contributed by atoms with van der Waals surface area (Å²) in [5.74, 6) is -0.481. The van der Waals surface area contributed by atoms with Crippen molar-refractivity contribution in [1.29, 1.82) is 0 Å². The number of carbonyl (C=O) groups excluding carboxylic acids is 1. The molecule has 1 heterocycles. The lowest BCUT2D eigenvalue weighted by atomic mass is 10.1. The Morgan fingerprint density at radius 2 is 2.00 bits per heavy atom. The molecule has 116 valence electrons. The molecule has 1 aromatic carbocycles. The number of nitrogens with zero attached hydrogens (tertiary/aromatic N) is 1. The summed E-state index contributed by atoms with van der Waals surface area (Å²) in [6, 6.07) is 6.49. The van der Waals surface area contributed by atoms with E-state index in [1.165, 1.54) is 12.1 Å². The number of aromatic nitrogens is 1. The summed E-state index contributed by atoms with van der Waals surface area (Å²) in [7, 11) is 0. The molecule has 1 unspecified atom stereocenters. The summed E-state index contributed by atoms with van der Waals surface area (Å²) in [6.45, 7) is 2.39. The number of nitrogens with one attached hydrogen (secondary N) is 1. The molecule has 0 radical (unpaired) electrons. The molecule has 2 N–H and O–H groups in total. The molecule has 4 nitrogen and oxygen atoms in total. The number of rotatable bonds is 5. The van der Waals surface area contributed by atoms with E-state index >= 15 is 0 Å². The minimum atomic E-state index is -1.30. The van der Waals surface area contributed by atoms with Crippen molar-refractivity contribution < 1.29 is 9.90 Å². The van der Waals surface area contributed by atoms with Crippen LogP contribution in [0.5, 0.6) is 0 Å². The van der Waals surface area contributed by atoms with Crippen LogP contribution >= 0.6 is 23.2 Å². The van der Waals surface area contributed by atoms with Crippen molar-refractivity contribution in [1.82, 2.24) is 10.3 Å². The van der Waals surface area contributed by atoms with Gasteiger partial charge < -0.3 is 10.4 Å². The van der Waals surface area contributed by atoms with Gasteiger partial charge in [-0.25, -0.2) is 0 Å². The lowest BCUT2D eigenvalue weighted by molar-refractivity contribution is -0.129. The Balaban J connectivity index is 1.93. The van der Waals surface area contributed by atoms with Crippen LogP contribution in [0.4, 0.5) is 0 Å². The highest BCUT2D eigenvalue weighted by Crippen LogP contribution is 2.23. The Labute approximate surface area is 139 Å². The lowest BCUT2D eigenvalue weighted by Crippen LogP contribution is -2.31. The second kappa shape index (κ2) is 7.58. The Bertz CT molecular complexity index is 657. The molecule has 0 aliphatic carbocycles. The van der Waals surface area contributed by atoms with Crippen LogP contribution < -0.4 is 5.32 Å². The second-order valence-corrected chi connectivity index (χ2v) is 5.82. The molecule has 0 aliphatic heterocycles. The van der Waals surface area contributed by atoms with E-state index < -0.39 is 12.0 Å². The molecule has 0 bridgehead atoms. The van der Waals surface area contributed by atoms with Crippen molar-refractivity contribution in [3.05, 3.63) is 63.4 Å². The van der Waals surface area contributed by atoms with Crippen LogP contribution in [0, 0.1) is 6.92 Å². The van der Waals surface area contributed by atoms with Gasteiger partial charge in [-0.05, 0) is 54.3 Å². The molecule has 0 aliphatic rings. The van der Waals surface area contributed by atoms with E-state index in [0.29, 0.717) is 28.6 Å². The van der Waals surface area contributed by atoms with Gasteiger partial charge in [-0.3, -0.25) is 9.78 Å². The highest BCUT2D eigenvalue weighted by Gasteiger charge is 2.18. The number of aliphatic hydroxyl groups is 1. The van der Waals surface area contributed by atoms with E-state index in [1.54, 1.807) is 18.5 Å². The first kappa shape index (κ1) is 16.7. The Morgan fingerprint density at radius 1 is 1.32 bits per heavy atom. The number of hydrogen-bond acceptors (Lipinski definition) is 3. The number of aryl methyl sites for hydroxylation is 1. The van der Waals surface area contributed by atoms with Crippen LogP contribution in [-0.2, 0) is 11.2 Å². The zero-order chi connectivity index (χ0) is 16.1. The fourth-order valence-electron chi connectivity index (χ4n) is 2.08. The van der Waals surface area contributed by atoms with Gasteiger partial charge in [-0.1, -0.05) is 23.2 Å². The van der Waals surface area contributed by atoms with Gasteiger partial charge in [0.25, 0.3) is 5.91 Å². The smallest absolute Gasteiger partial charge is 0.253 e. The Kier molecular flexibility index (Phi) is 5.77. The van der Waals surface area contributed by atoms with E-state index in [2.05, 4.69) is 10.3 Å². The van der Waals surface area contributed by atoms with Crippen LogP contribution in [0.15, 0.2) is 36.7 Å². The highest BCUT2D eigenvalue weighted by atomic mass is 35.5. The monoisotopic (exact) mass is 338 g/mol. The van der Waals surface area contributed by atoms with Crippen LogP contribution in [0.3, 0.4) is 0 Å². The molecule has 0 saturated heterocycles. The maximum atomic E-state index is 12.0. The summed E-state index contributed by atoms with van der Waals surface area (Å²) in [5, 5.41) is 13.5. The quantitative estimate of drug-likeness (QED) is 0.880. The number of carbonyl (C=O) groups is 1. The van der Waals surface area contributed by atoms with Gasteiger partial charge >= 0.3 is 0 Å². The first-order chi connectivity index (χ1) is 10.5. The normalized spacial score (nSPS) is 12.0. The third-order valence-corrected chi connectivity index (χ3v) is 3.72. The molecule has 0 fully saturated rings. The van der Waals surface area contributed by atoms with Crippen LogP contribution in [0.25, 0.3) is 0 Å². The third kappa shape index (κ3) is 4.44. The topological polar surface area (TPSA) is 62.2 Å². The fourth-order valence-corrected chi connectivity index (χ4v) is 2.63. The maximum absolute atomic E-state index is 12.0. The molecule has 1 atom stereocenters. The minimum Gasteiger partial charge on any atom is -0.378 e. The standard InChI is InChI=1S/C16H16Cl2N2O2/c1-10-9-19-4-2-11(10)3-5-20-16(22)15(21)12-6-13(17)8-14(18)7-12/h2,4,6-9,15,21H,3,5H2,1H3,(H,20,22). The van der Waals surface area contributed by atoms with Crippen LogP contribution in [-0.4, -0.2) is 22.5 Å². The number of benzene rings is 1. The second-order valence-electron chi connectivity index (χ2n) is 4.95. The predicted octanol–water partition coefficient (Wildman–Crippen LogP) is 3.09. The van der Waals surface area contributed by atoms with Gasteiger partial charge in [0.15, 0.2) is 6.10 Å². The predicted molar refractivity (Wildman–Crippen MR) is 87.1 cm³/mol. The first-order valence-electron chi connectivity index (χ1n) is 6.78. The van der Waals surface area contributed by atoms with Crippen molar-refractivity contribution in [2.75, 3.05) is 6.54 Å². The maximum Gasteiger partial charge on any atom is 0.253 e. The van der Waals surface area contributed by atoms with Crippen molar-refractivity contribution in [3.8, 4) is 0 Å². The lowest BCUT2D eigenvalue weighted by Gasteiger charge is -2.13. The zero-order valence-electron chi connectivity index (χ0n) is 12.0. The molecule has 2 rings (SSSR count). The third-order valence-electron chi connectivity index (χ3n) is 3.28. The summed E-state index contributed by atoms with van der Waals surface area (Å²) < 4.78 is 0. The average Bonchev–Trinajstić information content (AvgIpc) is 2.47. The number of pyridine rings is 1. The summed E-state index contributed by atoms with van der Waals surface area (Å²) in [5.41, 5.74) is 2.55. The fraction of sp³-hybridized carbons (Fsp3) is 0.250. The molecule has 0 spiro atoms. The summed E-state index contributed by atoms with van der Waals surface area (Å²) in [4.78, 5) is 16.0. The zero-order valence-corrected chi connectivity index (χ0v) is 13.5. The minimum absolute atomic E-state index is 0.370. The van der Waals surface area contributed by atoms with E-state index in [-0.39, 0.29) is 0 Å². The van der Waals surface area contributed by atoms with Crippen molar-refractivity contribution in [2.45, 2.75) is 19.4 Å². The largest absolute Gasteiger partial charge is 0.378 e. The summed E-state index contributed by atoms with van der Waals surface area (Å²) in [6.07, 6.45) is 2.87. The molecule has 2 aromatic rings. The number of aliphatic hydroxyl groups excluding tert-OH is 1. The van der Waals surface area contributed by atoms with Crippen molar-refractivity contribution >= 4 is 29.1 Å². The first-order valence-corrected chi connectivity index (χ1v) is 7.54. The van der Waals surface area contributed by atoms with Gasteiger partial charge in [-0.15, -0.1) is 0 Å².